The lowest BCUT2D eigenvalue weighted by molar-refractivity contribution is 0.415. The van der Waals surface area contributed by atoms with E-state index in [1.54, 1.807) is 7.11 Å². The SMILES string of the molecule is COc1ccc(CNc2nc(N3CCn4ccnc4C3)ncc2C)cc1Cl. The predicted octanol–water partition coefficient (Wildman–Crippen LogP) is 3.28. The summed E-state index contributed by atoms with van der Waals surface area (Å²) in [5.74, 6) is 3.24. The van der Waals surface area contributed by atoms with Gasteiger partial charge in [-0.1, -0.05) is 17.7 Å². The van der Waals surface area contributed by atoms with Crippen LogP contribution in [0.2, 0.25) is 5.02 Å². The third-order valence-electron chi connectivity index (χ3n) is 4.66. The maximum atomic E-state index is 6.21. The van der Waals surface area contributed by atoms with E-state index < -0.39 is 0 Å². The van der Waals surface area contributed by atoms with Gasteiger partial charge in [-0.25, -0.2) is 9.97 Å². The van der Waals surface area contributed by atoms with Gasteiger partial charge in [0.15, 0.2) is 0 Å². The lowest BCUT2D eigenvalue weighted by Crippen LogP contribution is -2.34. The van der Waals surface area contributed by atoms with Crippen molar-refractivity contribution in [1.82, 2.24) is 19.5 Å². The molecule has 0 spiro atoms. The van der Waals surface area contributed by atoms with Crippen LogP contribution < -0.4 is 15.0 Å². The first-order valence-electron chi connectivity index (χ1n) is 8.79. The number of benzene rings is 1. The van der Waals surface area contributed by atoms with Crippen molar-refractivity contribution < 1.29 is 4.74 Å². The Bertz CT molecular complexity index is 957. The second kappa shape index (κ2) is 7.44. The number of nitrogens with zero attached hydrogens (tertiary/aromatic N) is 5. The number of halogens is 1. The van der Waals surface area contributed by atoms with Gasteiger partial charge in [-0.3, -0.25) is 0 Å². The minimum absolute atomic E-state index is 0.598. The Kier molecular flexibility index (Phi) is 4.85. The van der Waals surface area contributed by atoms with Crippen molar-refractivity contribution in [3.05, 3.63) is 58.8 Å². The van der Waals surface area contributed by atoms with Crippen molar-refractivity contribution in [2.75, 3.05) is 23.9 Å². The maximum absolute atomic E-state index is 6.21. The second-order valence-corrected chi connectivity index (χ2v) is 6.89. The molecule has 1 aliphatic rings. The van der Waals surface area contributed by atoms with Crippen molar-refractivity contribution >= 4 is 23.4 Å². The molecule has 0 atom stereocenters. The Balaban J connectivity index is 1.49. The first-order chi connectivity index (χ1) is 13.1. The molecule has 3 heterocycles. The maximum Gasteiger partial charge on any atom is 0.227 e. The van der Waals surface area contributed by atoms with Gasteiger partial charge >= 0.3 is 0 Å². The molecule has 7 nitrogen and oxygen atoms in total. The molecule has 1 aliphatic heterocycles. The number of rotatable bonds is 5. The monoisotopic (exact) mass is 384 g/mol. The fourth-order valence-corrected chi connectivity index (χ4v) is 3.39. The Hall–Kier alpha value is -2.80. The van der Waals surface area contributed by atoms with Gasteiger partial charge < -0.3 is 19.5 Å². The van der Waals surface area contributed by atoms with Gasteiger partial charge in [0.05, 0.1) is 18.7 Å². The molecular weight excluding hydrogens is 364 g/mol. The van der Waals surface area contributed by atoms with E-state index in [1.165, 1.54) is 0 Å². The zero-order valence-electron chi connectivity index (χ0n) is 15.3. The number of ether oxygens (including phenoxy) is 1. The van der Waals surface area contributed by atoms with Gasteiger partial charge in [-0.05, 0) is 24.6 Å². The van der Waals surface area contributed by atoms with Crippen LogP contribution in [0.1, 0.15) is 17.0 Å². The van der Waals surface area contributed by atoms with Crippen LogP contribution in [0.3, 0.4) is 0 Å². The predicted molar refractivity (Wildman–Crippen MR) is 105 cm³/mol. The molecule has 3 aromatic rings. The van der Waals surface area contributed by atoms with E-state index in [9.17, 15) is 0 Å². The smallest absolute Gasteiger partial charge is 0.227 e. The van der Waals surface area contributed by atoms with Crippen LogP contribution in [-0.2, 0) is 19.6 Å². The largest absolute Gasteiger partial charge is 0.495 e. The highest BCUT2D eigenvalue weighted by atomic mass is 35.5. The third kappa shape index (κ3) is 3.68. The number of hydrogen-bond acceptors (Lipinski definition) is 6. The van der Waals surface area contributed by atoms with Crippen molar-refractivity contribution in [3.63, 3.8) is 0 Å². The van der Waals surface area contributed by atoms with Crippen LogP contribution in [0.5, 0.6) is 5.75 Å². The van der Waals surface area contributed by atoms with E-state index in [0.717, 1.165) is 35.9 Å². The van der Waals surface area contributed by atoms with Crippen molar-refractivity contribution in [2.24, 2.45) is 0 Å². The van der Waals surface area contributed by atoms with Crippen LogP contribution in [-0.4, -0.2) is 33.2 Å². The molecule has 1 N–H and O–H groups in total. The summed E-state index contributed by atoms with van der Waals surface area (Å²) in [5, 5.41) is 3.99. The Morgan fingerprint density at radius 2 is 2.15 bits per heavy atom. The van der Waals surface area contributed by atoms with E-state index in [4.69, 9.17) is 21.3 Å². The molecule has 27 heavy (non-hydrogen) atoms. The molecule has 0 saturated heterocycles. The Labute approximate surface area is 163 Å². The molecule has 8 heteroatoms. The van der Waals surface area contributed by atoms with E-state index in [0.29, 0.717) is 29.8 Å². The highest BCUT2D eigenvalue weighted by molar-refractivity contribution is 6.32. The van der Waals surface area contributed by atoms with Gasteiger partial charge in [0.1, 0.15) is 17.4 Å². The van der Waals surface area contributed by atoms with Crippen LogP contribution in [0.4, 0.5) is 11.8 Å². The molecule has 0 bridgehead atoms. The average Bonchev–Trinajstić information content (AvgIpc) is 3.15. The summed E-state index contributed by atoms with van der Waals surface area (Å²) in [6.07, 6.45) is 5.70. The molecule has 0 amide bonds. The van der Waals surface area contributed by atoms with E-state index in [-0.39, 0.29) is 0 Å². The van der Waals surface area contributed by atoms with Gasteiger partial charge in [0, 0.05) is 43.8 Å². The molecular formula is C19H21ClN6O. The zero-order chi connectivity index (χ0) is 18.8. The minimum atomic E-state index is 0.598. The molecule has 0 fully saturated rings. The summed E-state index contributed by atoms with van der Waals surface area (Å²) in [7, 11) is 1.61. The molecule has 2 aromatic heterocycles. The number of hydrogen-bond donors (Lipinski definition) is 1. The molecule has 140 valence electrons. The van der Waals surface area contributed by atoms with Gasteiger partial charge in [0.25, 0.3) is 0 Å². The lowest BCUT2D eigenvalue weighted by atomic mass is 10.2. The van der Waals surface area contributed by atoms with Crippen LogP contribution in [0.15, 0.2) is 36.8 Å². The molecule has 0 saturated carbocycles. The summed E-state index contributed by atoms with van der Waals surface area (Å²) >= 11 is 6.21. The Morgan fingerprint density at radius 3 is 2.96 bits per heavy atom. The number of fused-ring (bicyclic) bond motifs is 1. The number of aromatic nitrogens is 4. The molecule has 4 rings (SSSR count). The van der Waals surface area contributed by atoms with Gasteiger partial charge in [-0.15, -0.1) is 0 Å². The molecule has 1 aromatic carbocycles. The number of aryl methyl sites for hydroxylation is 1. The third-order valence-corrected chi connectivity index (χ3v) is 4.96. The van der Waals surface area contributed by atoms with E-state index >= 15 is 0 Å². The summed E-state index contributed by atoms with van der Waals surface area (Å²) < 4.78 is 7.36. The zero-order valence-corrected chi connectivity index (χ0v) is 16.1. The van der Waals surface area contributed by atoms with E-state index in [2.05, 4.69) is 24.8 Å². The quantitative estimate of drug-likeness (QED) is 0.728. The van der Waals surface area contributed by atoms with Crippen molar-refractivity contribution in [1.29, 1.82) is 0 Å². The summed E-state index contributed by atoms with van der Waals surface area (Å²) in [5.41, 5.74) is 2.05. The standard InChI is InChI=1S/C19H21ClN6O/c1-13-10-23-19(26-8-7-25-6-5-21-17(25)12-26)24-18(13)22-11-14-3-4-16(27-2)15(20)9-14/h3-6,9-10H,7-8,11-12H2,1-2H3,(H,22,23,24). The topological polar surface area (TPSA) is 68.1 Å². The molecule has 0 radical (unpaired) electrons. The van der Waals surface area contributed by atoms with Crippen LogP contribution in [0, 0.1) is 6.92 Å². The van der Waals surface area contributed by atoms with Crippen molar-refractivity contribution in [3.8, 4) is 5.75 Å². The highest BCUT2D eigenvalue weighted by Crippen LogP contribution is 2.26. The normalized spacial score (nSPS) is 13.4. The number of imidazole rings is 1. The molecule has 0 aliphatic carbocycles. The average molecular weight is 385 g/mol. The first kappa shape index (κ1) is 17.6. The lowest BCUT2D eigenvalue weighted by Gasteiger charge is -2.28. The summed E-state index contributed by atoms with van der Waals surface area (Å²) in [6, 6.07) is 5.75. The van der Waals surface area contributed by atoms with Crippen LogP contribution >= 0.6 is 11.6 Å². The van der Waals surface area contributed by atoms with Crippen LogP contribution in [0.25, 0.3) is 0 Å². The van der Waals surface area contributed by atoms with Crippen molar-refractivity contribution in [2.45, 2.75) is 26.6 Å². The second-order valence-electron chi connectivity index (χ2n) is 6.48. The summed E-state index contributed by atoms with van der Waals surface area (Å²) in [4.78, 5) is 15.8. The fraction of sp³-hybridized carbons (Fsp3) is 0.316. The minimum Gasteiger partial charge on any atom is -0.495 e. The number of nitrogens with one attached hydrogen (secondary N) is 1. The summed E-state index contributed by atoms with van der Waals surface area (Å²) in [6.45, 7) is 5.07. The van der Waals surface area contributed by atoms with Gasteiger partial charge in [0.2, 0.25) is 5.95 Å². The Morgan fingerprint density at radius 1 is 1.26 bits per heavy atom. The highest BCUT2D eigenvalue weighted by Gasteiger charge is 2.19. The van der Waals surface area contributed by atoms with E-state index in [1.807, 2.05) is 43.7 Å². The van der Waals surface area contributed by atoms with Gasteiger partial charge in [-0.2, -0.15) is 4.98 Å². The molecule has 0 unspecified atom stereocenters. The fourth-order valence-electron chi connectivity index (χ4n) is 3.11. The number of anilines is 2. The number of methoxy groups -OCH3 is 1. The first-order valence-corrected chi connectivity index (χ1v) is 9.16.